The van der Waals surface area contributed by atoms with Crippen molar-refractivity contribution in [2.45, 2.75) is 19.8 Å². The number of hydrogen-bond donors (Lipinski definition) is 2. The third-order valence-electron chi connectivity index (χ3n) is 2.98. The first-order valence-electron chi connectivity index (χ1n) is 6.56. The summed E-state index contributed by atoms with van der Waals surface area (Å²) < 4.78 is 5.70. The van der Waals surface area contributed by atoms with Gasteiger partial charge in [-0.05, 0) is 42.3 Å². The maximum Gasteiger partial charge on any atom is 0.248 e. The van der Waals surface area contributed by atoms with Gasteiger partial charge in [-0.2, -0.15) is 0 Å². The zero-order chi connectivity index (χ0) is 14.5. The Morgan fingerprint density at radius 1 is 1.15 bits per heavy atom. The van der Waals surface area contributed by atoms with E-state index in [0.29, 0.717) is 22.7 Å². The number of amides is 1. The lowest BCUT2D eigenvalue weighted by Crippen LogP contribution is -2.11. The van der Waals surface area contributed by atoms with Crippen LogP contribution < -0.4 is 16.2 Å². The number of aryl methyl sites for hydroxylation is 1. The van der Waals surface area contributed by atoms with E-state index in [1.807, 2.05) is 24.3 Å². The fourth-order valence-electron chi connectivity index (χ4n) is 1.93. The van der Waals surface area contributed by atoms with Crippen LogP contribution in [0.5, 0.6) is 11.5 Å². The quantitative estimate of drug-likeness (QED) is 0.819. The molecule has 0 saturated heterocycles. The lowest BCUT2D eigenvalue weighted by molar-refractivity contribution is 0.100. The van der Waals surface area contributed by atoms with E-state index >= 15 is 0 Å². The molecule has 0 heterocycles. The van der Waals surface area contributed by atoms with E-state index in [4.69, 9.17) is 16.2 Å². The van der Waals surface area contributed by atoms with Crippen LogP contribution >= 0.6 is 0 Å². The average Bonchev–Trinajstić information content (AvgIpc) is 2.43. The predicted octanol–water partition coefficient (Wildman–Crippen LogP) is 3.11. The number of ether oxygens (including phenoxy) is 1. The zero-order valence-electron chi connectivity index (χ0n) is 11.4. The highest BCUT2D eigenvalue weighted by Gasteiger charge is 2.06. The van der Waals surface area contributed by atoms with E-state index in [-0.39, 0.29) is 0 Å². The Balaban J connectivity index is 2.15. The molecule has 20 heavy (non-hydrogen) atoms. The summed E-state index contributed by atoms with van der Waals surface area (Å²) in [5.41, 5.74) is 13.1. The molecule has 1 amide bonds. The molecule has 0 bridgehead atoms. The highest BCUT2D eigenvalue weighted by Crippen LogP contribution is 2.28. The van der Waals surface area contributed by atoms with Gasteiger partial charge in [0.1, 0.15) is 11.5 Å². The van der Waals surface area contributed by atoms with Crippen LogP contribution in [0, 0.1) is 0 Å². The maximum atomic E-state index is 11.0. The van der Waals surface area contributed by atoms with Crippen molar-refractivity contribution in [3.8, 4) is 11.5 Å². The SMILES string of the molecule is CCCc1ccc(Oc2ccc(C(N)=O)cc2N)cc1. The Morgan fingerprint density at radius 2 is 1.85 bits per heavy atom. The summed E-state index contributed by atoms with van der Waals surface area (Å²) in [6, 6.07) is 12.6. The number of primary amides is 1. The molecular weight excluding hydrogens is 252 g/mol. The lowest BCUT2D eigenvalue weighted by Gasteiger charge is -2.09. The predicted molar refractivity (Wildman–Crippen MR) is 79.9 cm³/mol. The molecule has 0 aliphatic carbocycles. The van der Waals surface area contributed by atoms with Gasteiger partial charge in [-0.15, -0.1) is 0 Å². The summed E-state index contributed by atoms with van der Waals surface area (Å²) in [7, 11) is 0. The molecule has 2 aromatic carbocycles. The van der Waals surface area contributed by atoms with Gasteiger partial charge in [-0.1, -0.05) is 25.5 Å². The van der Waals surface area contributed by atoms with Gasteiger partial charge >= 0.3 is 0 Å². The minimum atomic E-state index is -0.507. The number of carbonyl (C=O) groups is 1. The van der Waals surface area contributed by atoms with Crippen LogP contribution in [0.15, 0.2) is 42.5 Å². The Bertz CT molecular complexity index is 606. The first kappa shape index (κ1) is 13.9. The van der Waals surface area contributed by atoms with Gasteiger partial charge in [0.15, 0.2) is 0 Å². The van der Waals surface area contributed by atoms with Crippen molar-refractivity contribution in [1.29, 1.82) is 0 Å². The second-order valence-corrected chi connectivity index (χ2v) is 4.61. The van der Waals surface area contributed by atoms with Crippen LogP contribution in [0.1, 0.15) is 29.3 Å². The van der Waals surface area contributed by atoms with Crippen LogP contribution in [0.2, 0.25) is 0 Å². The third-order valence-corrected chi connectivity index (χ3v) is 2.98. The summed E-state index contributed by atoms with van der Waals surface area (Å²) in [6.45, 7) is 2.14. The minimum Gasteiger partial charge on any atom is -0.455 e. The van der Waals surface area contributed by atoms with Crippen molar-refractivity contribution in [1.82, 2.24) is 0 Å². The van der Waals surface area contributed by atoms with Crippen molar-refractivity contribution >= 4 is 11.6 Å². The topological polar surface area (TPSA) is 78.3 Å². The average molecular weight is 270 g/mol. The van der Waals surface area contributed by atoms with Gasteiger partial charge < -0.3 is 16.2 Å². The summed E-state index contributed by atoms with van der Waals surface area (Å²) in [5, 5.41) is 0. The zero-order valence-corrected chi connectivity index (χ0v) is 11.4. The largest absolute Gasteiger partial charge is 0.455 e. The van der Waals surface area contributed by atoms with E-state index in [1.165, 1.54) is 11.6 Å². The van der Waals surface area contributed by atoms with Gasteiger partial charge in [-0.3, -0.25) is 4.79 Å². The van der Waals surface area contributed by atoms with Crippen LogP contribution in [-0.4, -0.2) is 5.91 Å². The van der Waals surface area contributed by atoms with Gasteiger partial charge in [-0.25, -0.2) is 0 Å². The molecule has 104 valence electrons. The first-order valence-corrected chi connectivity index (χ1v) is 6.56. The van der Waals surface area contributed by atoms with Crippen LogP contribution in [-0.2, 0) is 6.42 Å². The molecule has 4 nitrogen and oxygen atoms in total. The second-order valence-electron chi connectivity index (χ2n) is 4.61. The fourth-order valence-corrected chi connectivity index (χ4v) is 1.93. The Morgan fingerprint density at radius 3 is 2.40 bits per heavy atom. The molecular formula is C16H18N2O2. The van der Waals surface area contributed by atoms with Gasteiger partial charge in [0.05, 0.1) is 5.69 Å². The number of nitrogens with two attached hydrogens (primary N) is 2. The van der Waals surface area contributed by atoms with Crippen molar-refractivity contribution in [2.24, 2.45) is 5.73 Å². The number of anilines is 1. The third kappa shape index (κ3) is 3.29. The Labute approximate surface area is 118 Å². The number of hydrogen-bond acceptors (Lipinski definition) is 3. The Kier molecular flexibility index (Phi) is 4.25. The molecule has 0 unspecified atom stereocenters. The number of rotatable bonds is 5. The Hall–Kier alpha value is -2.49. The van der Waals surface area contributed by atoms with Gasteiger partial charge in [0.25, 0.3) is 0 Å². The van der Waals surface area contributed by atoms with E-state index in [2.05, 4.69) is 6.92 Å². The van der Waals surface area contributed by atoms with Crippen LogP contribution in [0.4, 0.5) is 5.69 Å². The molecule has 4 heteroatoms. The second kappa shape index (κ2) is 6.10. The maximum absolute atomic E-state index is 11.0. The molecule has 0 aliphatic rings. The molecule has 2 aromatic rings. The lowest BCUT2D eigenvalue weighted by atomic mass is 10.1. The number of benzene rings is 2. The molecule has 0 atom stereocenters. The van der Waals surface area contributed by atoms with Crippen LogP contribution in [0.3, 0.4) is 0 Å². The molecule has 0 aliphatic heterocycles. The van der Waals surface area contributed by atoms with E-state index < -0.39 is 5.91 Å². The molecule has 2 rings (SSSR count). The standard InChI is InChI=1S/C16H18N2O2/c1-2-3-11-4-7-13(8-5-11)20-15-9-6-12(16(18)19)10-14(15)17/h4-10H,2-3,17H2,1H3,(H2,18,19). The van der Waals surface area contributed by atoms with E-state index in [9.17, 15) is 4.79 Å². The van der Waals surface area contributed by atoms with Gasteiger partial charge in [0.2, 0.25) is 5.91 Å². The van der Waals surface area contributed by atoms with Crippen molar-refractivity contribution in [2.75, 3.05) is 5.73 Å². The summed E-state index contributed by atoms with van der Waals surface area (Å²) in [4.78, 5) is 11.0. The molecule has 0 aromatic heterocycles. The van der Waals surface area contributed by atoms with E-state index in [0.717, 1.165) is 12.8 Å². The number of carbonyl (C=O) groups excluding carboxylic acids is 1. The monoisotopic (exact) mass is 270 g/mol. The van der Waals surface area contributed by atoms with Crippen molar-refractivity contribution in [3.05, 3.63) is 53.6 Å². The smallest absolute Gasteiger partial charge is 0.248 e. The van der Waals surface area contributed by atoms with Gasteiger partial charge in [0, 0.05) is 5.56 Å². The fraction of sp³-hybridized carbons (Fsp3) is 0.188. The molecule has 4 N–H and O–H groups in total. The first-order chi connectivity index (χ1) is 9.60. The van der Waals surface area contributed by atoms with E-state index in [1.54, 1.807) is 12.1 Å². The molecule has 0 radical (unpaired) electrons. The highest BCUT2D eigenvalue weighted by atomic mass is 16.5. The molecule has 0 fully saturated rings. The van der Waals surface area contributed by atoms with Crippen molar-refractivity contribution < 1.29 is 9.53 Å². The number of nitrogen functional groups attached to an aromatic ring is 1. The molecule has 0 spiro atoms. The van der Waals surface area contributed by atoms with Crippen LogP contribution in [0.25, 0.3) is 0 Å². The van der Waals surface area contributed by atoms with Crippen molar-refractivity contribution in [3.63, 3.8) is 0 Å². The summed E-state index contributed by atoms with van der Waals surface area (Å²) >= 11 is 0. The normalized spacial score (nSPS) is 10.2. The molecule has 0 saturated carbocycles. The summed E-state index contributed by atoms with van der Waals surface area (Å²) in [5.74, 6) is 0.716. The highest BCUT2D eigenvalue weighted by molar-refractivity contribution is 5.94. The summed E-state index contributed by atoms with van der Waals surface area (Å²) in [6.07, 6.45) is 2.16. The minimum absolute atomic E-state index is 0.369.